The highest BCUT2D eigenvalue weighted by Crippen LogP contribution is 2.37. The van der Waals surface area contributed by atoms with Crippen LogP contribution in [0.15, 0.2) is 36.4 Å². The summed E-state index contributed by atoms with van der Waals surface area (Å²) in [5.41, 5.74) is -4.01. The van der Waals surface area contributed by atoms with Crippen LogP contribution in [0.2, 0.25) is 0 Å². The van der Waals surface area contributed by atoms with Crippen molar-refractivity contribution in [3.8, 4) is 5.75 Å². The lowest BCUT2D eigenvalue weighted by atomic mass is 10.1. The summed E-state index contributed by atoms with van der Waals surface area (Å²) in [6.07, 6.45) is -7.11. The van der Waals surface area contributed by atoms with E-state index in [2.05, 4.69) is 5.32 Å². The molecule has 0 radical (unpaired) electrons. The maximum Gasteiger partial charge on any atom is 0.418 e. The fourth-order valence-electron chi connectivity index (χ4n) is 2.82. The zero-order valence-electron chi connectivity index (χ0n) is 18.1. The van der Waals surface area contributed by atoms with E-state index in [-0.39, 0.29) is 23.5 Å². The van der Waals surface area contributed by atoms with E-state index < -0.39 is 57.5 Å². The number of sulfonamides is 1. The van der Waals surface area contributed by atoms with Gasteiger partial charge in [-0.2, -0.15) is 26.3 Å². The molecule has 1 amide bonds. The van der Waals surface area contributed by atoms with E-state index in [1.165, 1.54) is 4.72 Å². The highest BCUT2D eigenvalue weighted by atomic mass is 32.2. The number of carbonyl (C=O) groups excluding carboxylic acids is 1. The van der Waals surface area contributed by atoms with Crippen molar-refractivity contribution in [2.45, 2.75) is 25.8 Å². The second-order valence-corrected chi connectivity index (χ2v) is 8.86. The third kappa shape index (κ3) is 8.16. The number of hydrogen-bond acceptors (Lipinski definition) is 4. The average Bonchev–Trinajstić information content (AvgIpc) is 2.70. The Kier molecular flexibility index (Phi) is 8.42. The van der Waals surface area contributed by atoms with Crippen LogP contribution in [-0.4, -0.2) is 27.2 Å². The number of ether oxygens (including phenoxy) is 1. The monoisotopic (exact) mass is 528 g/mol. The summed E-state index contributed by atoms with van der Waals surface area (Å²) in [4.78, 5) is 12.1. The first-order valence-corrected chi connectivity index (χ1v) is 11.6. The van der Waals surface area contributed by atoms with Crippen molar-refractivity contribution >= 4 is 27.7 Å². The van der Waals surface area contributed by atoms with Gasteiger partial charge in [0.2, 0.25) is 15.9 Å². The van der Waals surface area contributed by atoms with Crippen LogP contribution in [-0.2, 0) is 33.7 Å². The molecule has 6 nitrogen and oxygen atoms in total. The molecule has 0 heterocycles. The summed E-state index contributed by atoms with van der Waals surface area (Å²) < 4.78 is 122. The first kappa shape index (κ1) is 28.0. The highest BCUT2D eigenvalue weighted by Gasteiger charge is 2.36. The summed E-state index contributed by atoms with van der Waals surface area (Å²) >= 11 is 0. The van der Waals surface area contributed by atoms with Crippen molar-refractivity contribution in [1.82, 2.24) is 5.32 Å². The van der Waals surface area contributed by atoms with Crippen LogP contribution in [0, 0.1) is 5.82 Å². The van der Waals surface area contributed by atoms with Gasteiger partial charge in [-0.15, -0.1) is 0 Å². The van der Waals surface area contributed by atoms with Crippen molar-refractivity contribution in [3.05, 3.63) is 64.5 Å². The van der Waals surface area contributed by atoms with Gasteiger partial charge >= 0.3 is 12.4 Å². The summed E-state index contributed by atoms with van der Waals surface area (Å²) in [6.45, 7) is 1.03. The van der Waals surface area contributed by atoms with Crippen LogP contribution >= 0.6 is 0 Å². The van der Waals surface area contributed by atoms with Crippen LogP contribution in [0.5, 0.6) is 5.75 Å². The summed E-state index contributed by atoms with van der Waals surface area (Å²) in [5, 5.41) is 2.21. The normalized spacial score (nSPS) is 12.6. The molecule has 0 saturated heterocycles. The van der Waals surface area contributed by atoms with Gasteiger partial charge in [-0.05, 0) is 42.8 Å². The Labute approximate surface area is 195 Å². The molecule has 0 spiro atoms. The molecule has 35 heavy (non-hydrogen) atoms. The highest BCUT2D eigenvalue weighted by molar-refractivity contribution is 7.92. The predicted molar refractivity (Wildman–Crippen MR) is 113 cm³/mol. The SMILES string of the molecule is CCOc1cc(C(F)(F)F)ccc1C=CC(=O)NCc1cc(F)c(NS(C)(=O)=O)c(C(F)(F)F)c1. The van der Waals surface area contributed by atoms with Gasteiger partial charge in [0.05, 0.1) is 29.7 Å². The van der Waals surface area contributed by atoms with Crippen LogP contribution < -0.4 is 14.8 Å². The van der Waals surface area contributed by atoms with Crippen LogP contribution in [0.25, 0.3) is 6.08 Å². The maximum absolute atomic E-state index is 14.3. The van der Waals surface area contributed by atoms with Crippen molar-refractivity contribution in [2.75, 3.05) is 17.6 Å². The number of alkyl halides is 6. The molecule has 0 unspecified atom stereocenters. The molecule has 192 valence electrons. The van der Waals surface area contributed by atoms with Crippen LogP contribution in [0.4, 0.5) is 36.4 Å². The zero-order chi connectivity index (χ0) is 26.6. The van der Waals surface area contributed by atoms with Gasteiger partial charge in [-0.25, -0.2) is 12.8 Å². The molecule has 0 atom stereocenters. The van der Waals surface area contributed by atoms with E-state index >= 15 is 0 Å². The predicted octanol–water partition coefficient (Wildman–Crippen LogP) is 4.96. The number of benzene rings is 2. The van der Waals surface area contributed by atoms with Gasteiger partial charge < -0.3 is 10.1 Å². The molecular weight excluding hydrogens is 509 g/mol. The zero-order valence-corrected chi connectivity index (χ0v) is 19.0. The molecule has 2 aromatic rings. The van der Waals surface area contributed by atoms with E-state index in [4.69, 9.17) is 4.74 Å². The Hall–Kier alpha value is -3.29. The second kappa shape index (κ2) is 10.5. The first-order valence-electron chi connectivity index (χ1n) is 9.68. The lowest BCUT2D eigenvalue weighted by Gasteiger charge is -2.16. The van der Waals surface area contributed by atoms with Gasteiger partial charge in [0.25, 0.3) is 0 Å². The van der Waals surface area contributed by atoms with Gasteiger partial charge in [-0.3, -0.25) is 9.52 Å². The Bertz CT molecular complexity index is 1220. The summed E-state index contributed by atoms with van der Waals surface area (Å²) in [7, 11) is -4.21. The number of rotatable bonds is 8. The Morgan fingerprint density at radius 1 is 1.06 bits per heavy atom. The van der Waals surface area contributed by atoms with Crippen LogP contribution in [0.1, 0.15) is 29.2 Å². The molecule has 0 aliphatic heterocycles. The van der Waals surface area contributed by atoms with E-state index in [1.54, 1.807) is 6.92 Å². The number of hydrogen-bond donors (Lipinski definition) is 2. The Morgan fingerprint density at radius 2 is 1.71 bits per heavy atom. The molecule has 14 heteroatoms. The minimum absolute atomic E-state index is 0.0473. The first-order chi connectivity index (χ1) is 16.0. The molecule has 0 bridgehead atoms. The Morgan fingerprint density at radius 3 is 2.26 bits per heavy atom. The van der Waals surface area contributed by atoms with Gasteiger partial charge in [-0.1, -0.05) is 6.07 Å². The summed E-state index contributed by atoms with van der Waals surface area (Å²) in [5.74, 6) is -2.49. The lowest BCUT2D eigenvalue weighted by molar-refractivity contribution is -0.138. The quantitative estimate of drug-likeness (QED) is 0.375. The van der Waals surface area contributed by atoms with E-state index in [0.29, 0.717) is 18.4 Å². The molecule has 0 saturated carbocycles. The van der Waals surface area contributed by atoms with Gasteiger partial charge in [0.1, 0.15) is 11.6 Å². The van der Waals surface area contributed by atoms with E-state index in [0.717, 1.165) is 30.4 Å². The average molecular weight is 528 g/mol. The third-order valence-corrected chi connectivity index (χ3v) is 4.84. The van der Waals surface area contributed by atoms with Crippen molar-refractivity contribution in [3.63, 3.8) is 0 Å². The minimum Gasteiger partial charge on any atom is -0.493 e. The van der Waals surface area contributed by atoms with Crippen molar-refractivity contribution in [1.29, 1.82) is 0 Å². The largest absolute Gasteiger partial charge is 0.493 e. The molecule has 2 rings (SSSR count). The van der Waals surface area contributed by atoms with Crippen molar-refractivity contribution < 1.29 is 48.7 Å². The van der Waals surface area contributed by atoms with Crippen molar-refractivity contribution in [2.24, 2.45) is 0 Å². The molecule has 2 aromatic carbocycles. The van der Waals surface area contributed by atoms with Gasteiger partial charge in [0.15, 0.2) is 0 Å². The van der Waals surface area contributed by atoms with Gasteiger partial charge in [0, 0.05) is 18.2 Å². The fraction of sp³-hybridized carbons (Fsp3) is 0.286. The number of halogens is 7. The number of nitrogens with one attached hydrogen (secondary N) is 2. The maximum atomic E-state index is 14.3. The molecule has 2 N–H and O–H groups in total. The lowest BCUT2D eigenvalue weighted by Crippen LogP contribution is -2.22. The van der Waals surface area contributed by atoms with E-state index in [1.807, 2.05) is 0 Å². The molecular formula is C21H19F7N2O4S. The molecule has 0 aliphatic rings. The Balaban J connectivity index is 2.22. The standard InChI is InChI=1S/C21H19F7N2O4S/c1-3-34-17-10-14(20(23,24)25)6-4-13(17)5-7-18(31)29-11-12-8-15(21(26,27)28)19(16(22)9-12)30-35(2,32)33/h4-10,30H,3,11H2,1-2H3,(H,29,31). The number of anilines is 1. The number of amides is 1. The third-order valence-electron chi connectivity index (χ3n) is 4.26. The second-order valence-electron chi connectivity index (χ2n) is 7.11. The van der Waals surface area contributed by atoms with E-state index in [9.17, 15) is 43.9 Å². The summed E-state index contributed by atoms with van der Waals surface area (Å²) in [6, 6.07) is 3.72. The van der Waals surface area contributed by atoms with Crippen LogP contribution in [0.3, 0.4) is 0 Å². The number of carbonyl (C=O) groups is 1. The fourth-order valence-corrected chi connectivity index (χ4v) is 3.40. The topological polar surface area (TPSA) is 84.5 Å². The molecule has 0 aromatic heterocycles. The minimum atomic E-state index is -5.11. The molecule has 0 aliphatic carbocycles. The smallest absolute Gasteiger partial charge is 0.418 e. The molecule has 0 fully saturated rings.